The molecule has 196 valence electrons. The third kappa shape index (κ3) is 6.96. The minimum Gasteiger partial charge on any atom is -0.388 e. The molecule has 1 saturated heterocycles. The standard InChI is InChI=1S/C19H30N6O9S/c1-10-13(27)14(28)15(29)18(34-10)33-7-5-11(26)24-35(31,32)8-4-2-3-6-25-9-21-12-16(25)22-19(20)23-17(12)30/h9-10,13-15,18,27-29H,2-8H2,1H3,(H,24,26)(H3,20,22,23,30)/t10-,13+,14+,15-,18-/m0/s1. The van der Waals surface area contributed by atoms with Crippen molar-refractivity contribution in [3.63, 3.8) is 0 Å². The van der Waals surface area contributed by atoms with Gasteiger partial charge in [0.2, 0.25) is 21.9 Å². The number of carbonyl (C=O) groups excluding carboxylic acids is 1. The largest absolute Gasteiger partial charge is 0.388 e. The Bertz CT molecular complexity index is 1180. The average Bonchev–Trinajstić information content (AvgIpc) is 3.18. The predicted octanol–water partition coefficient (Wildman–Crippen LogP) is -2.45. The molecule has 0 bridgehead atoms. The summed E-state index contributed by atoms with van der Waals surface area (Å²) < 4.78 is 38.4. The zero-order valence-electron chi connectivity index (χ0n) is 19.0. The van der Waals surface area contributed by atoms with Gasteiger partial charge in [-0.05, 0) is 19.8 Å². The number of nitrogens with one attached hydrogen (secondary N) is 2. The van der Waals surface area contributed by atoms with Crippen LogP contribution in [0.3, 0.4) is 0 Å². The molecule has 0 aliphatic carbocycles. The average molecular weight is 519 g/mol. The second-order valence-electron chi connectivity index (χ2n) is 8.27. The van der Waals surface area contributed by atoms with Gasteiger partial charge in [-0.2, -0.15) is 4.98 Å². The number of aliphatic hydroxyl groups excluding tert-OH is 3. The number of hydrogen-bond acceptors (Lipinski definition) is 12. The number of aryl methyl sites for hydroxylation is 1. The number of imidazole rings is 1. The Balaban J connectivity index is 1.35. The summed E-state index contributed by atoms with van der Waals surface area (Å²) in [6.07, 6.45) is -3.76. The molecule has 15 nitrogen and oxygen atoms in total. The summed E-state index contributed by atoms with van der Waals surface area (Å²) in [5, 5.41) is 29.3. The van der Waals surface area contributed by atoms with Crippen molar-refractivity contribution >= 4 is 33.0 Å². The maximum Gasteiger partial charge on any atom is 0.280 e. The van der Waals surface area contributed by atoms with Gasteiger partial charge < -0.3 is 35.1 Å². The lowest BCUT2D eigenvalue weighted by Gasteiger charge is -2.38. The lowest BCUT2D eigenvalue weighted by Crippen LogP contribution is -2.57. The van der Waals surface area contributed by atoms with E-state index in [1.807, 2.05) is 4.72 Å². The van der Waals surface area contributed by atoms with E-state index in [0.29, 0.717) is 31.5 Å². The summed E-state index contributed by atoms with van der Waals surface area (Å²) in [7, 11) is -3.85. The quantitative estimate of drug-likeness (QED) is 0.170. The molecule has 16 heteroatoms. The van der Waals surface area contributed by atoms with Gasteiger partial charge >= 0.3 is 0 Å². The lowest BCUT2D eigenvalue weighted by atomic mass is 10.0. The van der Waals surface area contributed by atoms with Crippen LogP contribution < -0.4 is 16.0 Å². The van der Waals surface area contributed by atoms with Crippen LogP contribution in [0.25, 0.3) is 11.2 Å². The number of nitrogens with two attached hydrogens (primary N) is 1. The number of rotatable bonds is 11. The van der Waals surface area contributed by atoms with Crippen molar-refractivity contribution in [1.29, 1.82) is 0 Å². The van der Waals surface area contributed by atoms with E-state index in [4.69, 9.17) is 15.2 Å². The highest BCUT2D eigenvalue weighted by Gasteiger charge is 2.42. The Morgan fingerprint density at radius 1 is 1.26 bits per heavy atom. The first-order valence-electron chi connectivity index (χ1n) is 11.0. The molecule has 2 aromatic rings. The normalized spacial score (nSPS) is 25.1. The van der Waals surface area contributed by atoms with Crippen molar-refractivity contribution < 1.29 is 38.0 Å². The highest BCUT2D eigenvalue weighted by atomic mass is 32.2. The summed E-state index contributed by atoms with van der Waals surface area (Å²) in [6, 6.07) is 0. The number of anilines is 1. The number of sulfonamides is 1. The van der Waals surface area contributed by atoms with E-state index in [1.54, 1.807) is 4.57 Å². The van der Waals surface area contributed by atoms with Crippen molar-refractivity contribution in [3.8, 4) is 0 Å². The number of aliphatic hydroxyl groups is 3. The van der Waals surface area contributed by atoms with Crippen LogP contribution in [0.1, 0.15) is 32.6 Å². The third-order valence-corrected chi connectivity index (χ3v) is 6.86. The molecule has 3 rings (SSSR count). The number of aromatic amines is 1. The first-order valence-corrected chi connectivity index (χ1v) is 12.7. The number of H-pyrrole nitrogens is 1. The number of aromatic nitrogens is 4. The van der Waals surface area contributed by atoms with E-state index in [1.165, 1.54) is 13.3 Å². The van der Waals surface area contributed by atoms with Gasteiger partial charge in [0.05, 0.1) is 31.2 Å². The van der Waals surface area contributed by atoms with Gasteiger partial charge in [-0.15, -0.1) is 0 Å². The van der Waals surface area contributed by atoms with Crippen LogP contribution in [0.2, 0.25) is 0 Å². The van der Waals surface area contributed by atoms with E-state index >= 15 is 0 Å². The molecular weight excluding hydrogens is 488 g/mol. The van der Waals surface area contributed by atoms with Gasteiger partial charge in [0.1, 0.15) is 18.3 Å². The SMILES string of the molecule is C[C@@H]1O[C@H](OCCC(=O)NS(=O)(=O)CCCCCn2cnc3c(=O)[nH]c(N)nc32)[C@@H](O)[C@H](O)[C@@H]1O. The van der Waals surface area contributed by atoms with Crippen LogP contribution in [0.5, 0.6) is 0 Å². The summed E-state index contributed by atoms with van der Waals surface area (Å²) in [4.78, 5) is 34.2. The number of nitrogens with zero attached hydrogens (tertiary/aromatic N) is 3. The summed E-state index contributed by atoms with van der Waals surface area (Å²) in [5.74, 6) is -1.08. The molecule has 1 aliphatic rings. The van der Waals surface area contributed by atoms with Gasteiger partial charge in [-0.3, -0.25) is 19.3 Å². The Morgan fingerprint density at radius 3 is 2.74 bits per heavy atom. The number of carbonyl (C=O) groups is 1. The van der Waals surface area contributed by atoms with E-state index in [0.717, 1.165) is 0 Å². The van der Waals surface area contributed by atoms with E-state index in [2.05, 4.69) is 15.0 Å². The molecule has 7 N–H and O–H groups in total. The number of nitrogen functional groups attached to an aromatic ring is 1. The molecule has 0 saturated carbocycles. The van der Waals surface area contributed by atoms with Crippen LogP contribution >= 0.6 is 0 Å². The third-order valence-electron chi connectivity index (χ3n) is 5.49. The molecule has 0 radical (unpaired) electrons. The van der Waals surface area contributed by atoms with E-state index < -0.39 is 52.2 Å². The zero-order chi connectivity index (χ0) is 25.8. The monoisotopic (exact) mass is 518 g/mol. The molecule has 5 atom stereocenters. The fraction of sp³-hybridized carbons (Fsp3) is 0.684. The second-order valence-corrected chi connectivity index (χ2v) is 10.1. The van der Waals surface area contributed by atoms with Gasteiger partial charge in [0, 0.05) is 6.54 Å². The second kappa shape index (κ2) is 11.4. The Labute approximate surface area is 200 Å². The number of unbranched alkanes of at least 4 members (excludes halogenated alkanes) is 2. The molecule has 1 fully saturated rings. The Morgan fingerprint density at radius 2 is 2.00 bits per heavy atom. The smallest absolute Gasteiger partial charge is 0.280 e. The van der Waals surface area contributed by atoms with Crippen molar-refractivity contribution in [2.75, 3.05) is 18.1 Å². The molecule has 3 heterocycles. The summed E-state index contributed by atoms with van der Waals surface area (Å²) >= 11 is 0. The molecule has 0 aromatic carbocycles. The number of hydrogen-bond donors (Lipinski definition) is 6. The highest BCUT2D eigenvalue weighted by Crippen LogP contribution is 2.21. The zero-order valence-corrected chi connectivity index (χ0v) is 19.8. The van der Waals surface area contributed by atoms with E-state index in [-0.39, 0.29) is 30.2 Å². The van der Waals surface area contributed by atoms with Crippen LogP contribution in [-0.4, -0.2) is 92.2 Å². The lowest BCUT2D eigenvalue weighted by molar-refractivity contribution is -0.292. The molecule has 0 spiro atoms. The molecule has 35 heavy (non-hydrogen) atoms. The van der Waals surface area contributed by atoms with Crippen molar-refractivity contribution in [2.24, 2.45) is 0 Å². The molecule has 2 aromatic heterocycles. The first kappa shape index (κ1) is 27.0. The minimum atomic E-state index is -3.85. The Kier molecular flexibility index (Phi) is 8.79. The first-order chi connectivity index (χ1) is 16.5. The van der Waals surface area contributed by atoms with Crippen LogP contribution in [-0.2, 0) is 30.8 Å². The minimum absolute atomic E-state index is 0.0233. The summed E-state index contributed by atoms with van der Waals surface area (Å²) in [5.41, 5.74) is 5.63. The van der Waals surface area contributed by atoms with Crippen molar-refractivity contribution in [2.45, 2.75) is 69.9 Å². The topological polar surface area (TPSA) is 232 Å². The molecule has 1 aliphatic heterocycles. The molecule has 0 unspecified atom stereocenters. The van der Waals surface area contributed by atoms with Crippen LogP contribution in [0, 0.1) is 0 Å². The fourth-order valence-electron chi connectivity index (χ4n) is 3.58. The number of ether oxygens (including phenoxy) is 2. The fourth-order valence-corrected chi connectivity index (χ4v) is 4.71. The van der Waals surface area contributed by atoms with E-state index in [9.17, 15) is 33.3 Å². The predicted molar refractivity (Wildman–Crippen MR) is 121 cm³/mol. The highest BCUT2D eigenvalue weighted by molar-refractivity contribution is 7.90. The van der Waals surface area contributed by atoms with Crippen molar-refractivity contribution in [3.05, 3.63) is 16.7 Å². The van der Waals surface area contributed by atoms with Gasteiger partial charge in [-0.1, -0.05) is 6.42 Å². The number of fused-ring (bicyclic) bond motifs is 1. The van der Waals surface area contributed by atoms with Gasteiger partial charge in [0.25, 0.3) is 5.56 Å². The molecule has 1 amide bonds. The van der Waals surface area contributed by atoms with Crippen LogP contribution in [0.4, 0.5) is 5.95 Å². The van der Waals surface area contributed by atoms with Crippen molar-refractivity contribution in [1.82, 2.24) is 24.2 Å². The van der Waals surface area contributed by atoms with Crippen LogP contribution in [0.15, 0.2) is 11.1 Å². The maximum atomic E-state index is 12.1. The number of amides is 1. The molecular formula is C19H30N6O9S. The maximum absolute atomic E-state index is 12.1. The van der Waals surface area contributed by atoms with Gasteiger partial charge in [-0.25, -0.2) is 13.4 Å². The Hall–Kier alpha value is -2.63. The summed E-state index contributed by atoms with van der Waals surface area (Å²) in [6.45, 7) is 1.68. The van der Waals surface area contributed by atoms with Gasteiger partial charge in [0.15, 0.2) is 17.5 Å².